The largest absolute Gasteiger partial charge is 0.344 e. The van der Waals surface area contributed by atoms with E-state index in [1.807, 2.05) is 33.0 Å². The Morgan fingerprint density at radius 1 is 1.18 bits per heavy atom. The summed E-state index contributed by atoms with van der Waals surface area (Å²) in [5, 5.41) is 7.42. The molecule has 40 heavy (non-hydrogen) atoms. The van der Waals surface area contributed by atoms with Crippen LogP contribution >= 0.6 is 11.3 Å². The van der Waals surface area contributed by atoms with Gasteiger partial charge in [-0.25, -0.2) is 9.97 Å². The third-order valence-corrected chi connectivity index (χ3v) is 9.93. The standard InChI is InChI=1S/C29H37N7O3S/c1-17-14-20(28(39)36-23(17)25(37)33-29(36)10-6-5-7-11-29)32-24-22-19-9-8-18(27(38)35(4)13-12-34(2)3)15-21(19)40-26(22)31-16-30-24/h14,16,18H,5-13,15H2,1-4H3,(H,33,37)(H,30,31,32)/t18-/m0/s1. The van der Waals surface area contributed by atoms with Gasteiger partial charge in [-0.05, 0) is 83.2 Å². The van der Waals surface area contributed by atoms with E-state index in [0.717, 1.165) is 67.3 Å². The van der Waals surface area contributed by atoms with Crippen LogP contribution in [0.25, 0.3) is 10.2 Å². The minimum absolute atomic E-state index is 0.0437. The van der Waals surface area contributed by atoms with Crippen molar-refractivity contribution in [3.8, 4) is 0 Å². The number of likely N-dealkylation sites (N-methyl/N-ethyl adjacent to an activating group) is 2. The second-order valence-corrected chi connectivity index (χ2v) is 12.9. The lowest BCUT2D eigenvalue weighted by Gasteiger charge is -2.35. The molecular weight excluding hydrogens is 526 g/mol. The van der Waals surface area contributed by atoms with E-state index in [-0.39, 0.29) is 23.3 Å². The molecule has 2 aliphatic carbocycles. The van der Waals surface area contributed by atoms with Crippen LogP contribution in [0.1, 0.15) is 65.0 Å². The van der Waals surface area contributed by atoms with Crippen LogP contribution in [-0.2, 0) is 23.3 Å². The number of hydrogen-bond donors (Lipinski definition) is 2. The normalized spacial score (nSPS) is 19.5. The minimum Gasteiger partial charge on any atom is -0.344 e. The maximum Gasteiger partial charge on any atom is 0.276 e. The first kappa shape index (κ1) is 26.9. The lowest BCUT2D eigenvalue weighted by atomic mass is 9.87. The van der Waals surface area contributed by atoms with Crippen molar-refractivity contribution in [3.63, 3.8) is 0 Å². The molecule has 1 atom stereocenters. The first-order chi connectivity index (χ1) is 19.2. The Morgan fingerprint density at radius 2 is 1.95 bits per heavy atom. The van der Waals surface area contributed by atoms with Crippen molar-refractivity contribution in [2.24, 2.45) is 5.92 Å². The summed E-state index contributed by atoms with van der Waals surface area (Å²) < 4.78 is 1.71. The van der Waals surface area contributed by atoms with Crippen molar-refractivity contribution in [3.05, 3.63) is 44.4 Å². The summed E-state index contributed by atoms with van der Waals surface area (Å²) in [6.45, 7) is 3.42. The topological polar surface area (TPSA) is 112 Å². The molecule has 6 rings (SSSR count). The molecule has 1 spiro atoms. The van der Waals surface area contributed by atoms with Crippen LogP contribution in [0.2, 0.25) is 0 Å². The molecule has 0 saturated heterocycles. The molecule has 0 bridgehead atoms. The number of carbonyl (C=O) groups is 2. The Labute approximate surface area is 237 Å². The molecule has 2 amide bonds. The summed E-state index contributed by atoms with van der Waals surface area (Å²) >= 11 is 1.61. The number of anilines is 2. The molecular formula is C29H37N7O3S. The summed E-state index contributed by atoms with van der Waals surface area (Å²) in [4.78, 5) is 55.1. The fourth-order valence-electron chi connectivity index (χ4n) is 6.65. The first-order valence-corrected chi connectivity index (χ1v) is 15.0. The number of carbonyl (C=O) groups excluding carboxylic acids is 2. The number of thiophene rings is 1. The zero-order valence-electron chi connectivity index (χ0n) is 23.7. The Hall–Kier alpha value is -3.31. The fourth-order valence-corrected chi connectivity index (χ4v) is 7.92. The number of hydrogen-bond acceptors (Lipinski definition) is 8. The maximum atomic E-state index is 13.9. The predicted octanol–water partition coefficient (Wildman–Crippen LogP) is 3.39. The molecule has 1 aliphatic heterocycles. The van der Waals surface area contributed by atoms with Gasteiger partial charge in [0.05, 0.1) is 5.39 Å². The zero-order chi connectivity index (χ0) is 28.2. The number of amides is 2. The highest BCUT2D eigenvalue weighted by Crippen LogP contribution is 2.41. The van der Waals surface area contributed by atoms with Gasteiger partial charge in [-0.1, -0.05) is 6.42 Å². The van der Waals surface area contributed by atoms with Gasteiger partial charge in [0.2, 0.25) is 5.91 Å². The number of nitrogens with zero attached hydrogens (tertiary/aromatic N) is 5. The van der Waals surface area contributed by atoms with E-state index >= 15 is 0 Å². The summed E-state index contributed by atoms with van der Waals surface area (Å²) in [5.74, 6) is 0.576. The highest BCUT2D eigenvalue weighted by Gasteiger charge is 2.45. The van der Waals surface area contributed by atoms with Crippen LogP contribution in [-0.4, -0.2) is 70.4 Å². The average Bonchev–Trinajstić information content (AvgIpc) is 3.45. The number of rotatable bonds is 6. The molecule has 212 valence electrons. The molecule has 11 heteroatoms. The Bertz CT molecular complexity index is 1550. The SMILES string of the molecule is Cc1cc(Nc2ncnc3sc4c(c23)CC[C@H](C(=O)N(C)CCN(C)C)C4)c(=O)n2c1C(=O)NC21CCCCC1. The second kappa shape index (κ2) is 10.3. The van der Waals surface area contributed by atoms with Crippen LogP contribution in [0.5, 0.6) is 0 Å². The third-order valence-electron chi connectivity index (χ3n) is 8.77. The van der Waals surface area contributed by atoms with Crippen LogP contribution in [0.15, 0.2) is 17.2 Å². The van der Waals surface area contributed by atoms with Gasteiger partial charge in [0.1, 0.15) is 34.0 Å². The second-order valence-electron chi connectivity index (χ2n) is 11.8. The predicted molar refractivity (Wildman–Crippen MR) is 156 cm³/mol. The summed E-state index contributed by atoms with van der Waals surface area (Å²) in [6.07, 6.45) is 8.33. The van der Waals surface area contributed by atoms with Crippen LogP contribution in [0, 0.1) is 12.8 Å². The van der Waals surface area contributed by atoms with E-state index in [1.54, 1.807) is 22.0 Å². The van der Waals surface area contributed by atoms with Gasteiger partial charge in [-0.15, -0.1) is 11.3 Å². The van der Waals surface area contributed by atoms with Crippen molar-refractivity contribution in [2.45, 2.75) is 64.0 Å². The molecule has 0 aromatic carbocycles. The minimum atomic E-state index is -0.645. The van der Waals surface area contributed by atoms with Crippen LogP contribution in [0.4, 0.5) is 11.5 Å². The van der Waals surface area contributed by atoms with Gasteiger partial charge < -0.3 is 20.4 Å². The van der Waals surface area contributed by atoms with E-state index in [9.17, 15) is 14.4 Å². The zero-order valence-corrected chi connectivity index (χ0v) is 24.5. The van der Waals surface area contributed by atoms with Gasteiger partial charge in [-0.2, -0.15) is 0 Å². The lowest BCUT2D eigenvalue weighted by Crippen LogP contribution is -2.48. The Balaban J connectivity index is 1.32. The van der Waals surface area contributed by atoms with E-state index in [2.05, 4.69) is 25.5 Å². The summed E-state index contributed by atoms with van der Waals surface area (Å²) in [5.41, 5.74) is 1.95. The average molecular weight is 564 g/mol. The van der Waals surface area contributed by atoms with Crippen molar-refractivity contribution in [2.75, 3.05) is 39.5 Å². The number of fused-ring (bicyclic) bond motifs is 5. The molecule has 2 N–H and O–H groups in total. The van der Waals surface area contributed by atoms with Gasteiger partial charge in [0, 0.05) is 30.9 Å². The number of aromatic nitrogens is 3. The monoisotopic (exact) mass is 563 g/mol. The smallest absolute Gasteiger partial charge is 0.276 e. The van der Waals surface area contributed by atoms with Crippen LogP contribution < -0.4 is 16.2 Å². The molecule has 3 aliphatic rings. The van der Waals surface area contributed by atoms with Crippen molar-refractivity contribution in [1.29, 1.82) is 0 Å². The number of nitrogens with one attached hydrogen (secondary N) is 2. The van der Waals surface area contributed by atoms with Crippen molar-refractivity contribution in [1.82, 2.24) is 29.7 Å². The number of aryl methyl sites for hydroxylation is 2. The van der Waals surface area contributed by atoms with Gasteiger partial charge in [-0.3, -0.25) is 19.0 Å². The van der Waals surface area contributed by atoms with E-state index < -0.39 is 5.66 Å². The van der Waals surface area contributed by atoms with Gasteiger partial charge in [0.15, 0.2) is 0 Å². The molecule has 1 fully saturated rings. The lowest BCUT2D eigenvalue weighted by molar-refractivity contribution is -0.134. The molecule has 3 aromatic rings. The van der Waals surface area contributed by atoms with E-state index in [1.165, 1.54) is 16.8 Å². The molecule has 1 saturated carbocycles. The quantitative estimate of drug-likeness (QED) is 0.473. The molecule has 10 nitrogen and oxygen atoms in total. The fraction of sp³-hybridized carbons (Fsp3) is 0.552. The molecule has 4 heterocycles. The van der Waals surface area contributed by atoms with Crippen LogP contribution in [0.3, 0.4) is 0 Å². The third kappa shape index (κ3) is 4.49. The summed E-state index contributed by atoms with van der Waals surface area (Å²) in [6, 6.07) is 1.76. The molecule has 0 radical (unpaired) electrons. The highest BCUT2D eigenvalue weighted by molar-refractivity contribution is 7.19. The number of pyridine rings is 1. The van der Waals surface area contributed by atoms with Crippen molar-refractivity contribution < 1.29 is 9.59 Å². The first-order valence-electron chi connectivity index (χ1n) is 14.2. The Morgan fingerprint density at radius 3 is 2.70 bits per heavy atom. The highest BCUT2D eigenvalue weighted by atomic mass is 32.1. The van der Waals surface area contributed by atoms with Crippen molar-refractivity contribution >= 4 is 44.9 Å². The van der Waals surface area contributed by atoms with E-state index in [0.29, 0.717) is 30.2 Å². The van der Waals surface area contributed by atoms with Gasteiger partial charge in [0.25, 0.3) is 11.5 Å². The Kier molecular flexibility index (Phi) is 6.90. The maximum absolute atomic E-state index is 13.9. The molecule has 3 aromatic heterocycles. The van der Waals surface area contributed by atoms with Gasteiger partial charge >= 0.3 is 0 Å². The summed E-state index contributed by atoms with van der Waals surface area (Å²) in [7, 11) is 5.91. The van der Waals surface area contributed by atoms with E-state index in [4.69, 9.17) is 0 Å². The molecule has 0 unspecified atom stereocenters.